The first kappa shape index (κ1) is 21.7. The minimum absolute atomic E-state index is 0.208. The van der Waals surface area contributed by atoms with Gasteiger partial charge in [0.2, 0.25) is 15.2 Å². The number of carbonyl (C=O) groups is 1. The van der Waals surface area contributed by atoms with Crippen LogP contribution in [0.15, 0.2) is 47.4 Å². The third-order valence-electron chi connectivity index (χ3n) is 5.49. The van der Waals surface area contributed by atoms with Crippen molar-refractivity contribution < 1.29 is 13.2 Å². The minimum atomic E-state index is -3.57. The standard InChI is InChI=1S/C22H26N4O3S2/c1-14-11-15(2)13-26(12-14)31(28,29)18-9-7-17(8-10-18)21(27)24-25-22-23-20-16(3)5-4-6-19(20)30-22/h4-10,14-15H,11-13H2,1-3H3,(H,23,25)(H,24,27)/t14-,15-/m1/s1. The molecule has 1 aliphatic heterocycles. The summed E-state index contributed by atoms with van der Waals surface area (Å²) in [7, 11) is -3.57. The molecule has 0 radical (unpaired) electrons. The summed E-state index contributed by atoms with van der Waals surface area (Å²) in [6, 6.07) is 12.0. The van der Waals surface area contributed by atoms with Crippen molar-refractivity contribution in [3.05, 3.63) is 53.6 Å². The highest BCUT2D eigenvalue weighted by molar-refractivity contribution is 7.89. The summed E-state index contributed by atoms with van der Waals surface area (Å²) in [6.45, 7) is 7.20. The van der Waals surface area contributed by atoms with Gasteiger partial charge in [0, 0.05) is 18.7 Å². The van der Waals surface area contributed by atoms with Crippen molar-refractivity contribution in [2.45, 2.75) is 32.1 Å². The molecule has 0 saturated carbocycles. The highest BCUT2D eigenvalue weighted by Gasteiger charge is 2.31. The fourth-order valence-corrected chi connectivity index (χ4v) is 6.63. The van der Waals surface area contributed by atoms with Gasteiger partial charge in [-0.15, -0.1) is 0 Å². The van der Waals surface area contributed by atoms with Crippen LogP contribution in [-0.4, -0.2) is 36.7 Å². The van der Waals surface area contributed by atoms with E-state index >= 15 is 0 Å². The second-order valence-corrected chi connectivity index (χ2v) is 11.3. The van der Waals surface area contributed by atoms with Crippen LogP contribution in [0.5, 0.6) is 0 Å². The van der Waals surface area contributed by atoms with Gasteiger partial charge in [-0.25, -0.2) is 13.4 Å². The molecule has 1 amide bonds. The molecule has 9 heteroatoms. The molecule has 1 aromatic heterocycles. The van der Waals surface area contributed by atoms with E-state index in [0.29, 0.717) is 35.6 Å². The molecule has 2 atom stereocenters. The van der Waals surface area contributed by atoms with Crippen LogP contribution < -0.4 is 10.9 Å². The van der Waals surface area contributed by atoms with Crippen LogP contribution in [0.3, 0.4) is 0 Å². The van der Waals surface area contributed by atoms with Crippen LogP contribution in [0.2, 0.25) is 0 Å². The molecule has 2 heterocycles. The number of sulfonamides is 1. The number of anilines is 1. The van der Waals surface area contributed by atoms with Gasteiger partial charge in [0.1, 0.15) is 0 Å². The molecule has 2 aromatic carbocycles. The van der Waals surface area contributed by atoms with E-state index in [9.17, 15) is 13.2 Å². The molecule has 1 fully saturated rings. The van der Waals surface area contributed by atoms with Crippen molar-refractivity contribution in [1.29, 1.82) is 0 Å². The van der Waals surface area contributed by atoms with E-state index < -0.39 is 10.0 Å². The van der Waals surface area contributed by atoms with Gasteiger partial charge in [-0.3, -0.25) is 15.6 Å². The zero-order chi connectivity index (χ0) is 22.2. The van der Waals surface area contributed by atoms with Crippen LogP contribution >= 0.6 is 11.3 Å². The largest absolute Gasteiger partial charge is 0.273 e. The smallest absolute Gasteiger partial charge is 0.269 e. The lowest BCUT2D eigenvalue weighted by atomic mass is 9.94. The van der Waals surface area contributed by atoms with Gasteiger partial charge in [0.05, 0.1) is 15.1 Å². The van der Waals surface area contributed by atoms with E-state index in [1.54, 1.807) is 4.31 Å². The number of nitrogens with one attached hydrogen (secondary N) is 2. The van der Waals surface area contributed by atoms with E-state index in [0.717, 1.165) is 22.2 Å². The number of aromatic nitrogens is 1. The number of nitrogens with zero attached hydrogens (tertiary/aromatic N) is 2. The van der Waals surface area contributed by atoms with Crippen molar-refractivity contribution in [2.75, 3.05) is 18.5 Å². The van der Waals surface area contributed by atoms with Gasteiger partial charge < -0.3 is 0 Å². The number of benzene rings is 2. The fourth-order valence-electron chi connectivity index (χ4n) is 4.05. The molecule has 3 aromatic rings. The molecule has 31 heavy (non-hydrogen) atoms. The second kappa shape index (κ2) is 8.57. The first-order chi connectivity index (χ1) is 14.7. The molecule has 4 rings (SSSR count). The predicted molar refractivity (Wildman–Crippen MR) is 124 cm³/mol. The number of hydrogen-bond acceptors (Lipinski definition) is 6. The Labute approximate surface area is 186 Å². The maximum Gasteiger partial charge on any atom is 0.269 e. The summed E-state index contributed by atoms with van der Waals surface area (Å²) in [5.74, 6) is 0.307. The minimum Gasteiger partial charge on any atom is -0.273 e. The average molecular weight is 459 g/mol. The third-order valence-corrected chi connectivity index (χ3v) is 8.28. The number of rotatable bonds is 5. The number of hydrogen-bond donors (Lipinski definition) is 2. The monoisotopic (exact) mass is 458 g/mol. The zero-order valence-corrected chi connectivity index (χ0v) is 19.4. The van der Waals surface area contributed by atoms with E-state index in [4.69, 9.17) is 0 Å². The molecular weight excluding hydrogens is 432 g/mol. The van der Waals surface area contributed by atoms with Gasteiger partial charge in [-0.2, -0.15) is 4.31 Å². The Morgan fingerprint density at radius 3 is 2.42 bits per heavy atom. The highest BCUT2D eigenvalue weighted by Crippen LogP contribution is 2.28. The molecule has 0 bridgehead atoms. The van der Waals surface area contributed by atoms with E-state index in [2.05, 4.69) is 29.7 Å². The van der Waals surface area contributed by atoms with Crippen LogP contribution in [0, 0.1) is 18.8 Å². The van der Waals surface area contributed by atoms with Crippen molar-refractivity contribution in [2.24, 2.45) is 11.8 Å². The topological polar surface area (TPSA) is 91.4 Å². The summed E-state index contributed by atoms with van der Waals surface area (Å²) in [6.07, 6.45) is 1.03. The lowest BCUT2D eigenvalue weighted by molar-refractivity contribution is 0.0962. The molecule has 0 spiro atoms. The summed E-state index contributed by atoms with van der Waals surface area (Å²) in [4.78, 5) is 17.2. The van der Waals surface area contributed by atoms with Gasteiger partial charge in [0.25, 0.3) is 5.91 Å². The normalized spacial score (nSPS) is 20.0. The van der Waals surface area contributed by atoms with Gasteiger partial charge >= 0.3 is 0 Å². The number of fused-ring (bicyclic) bond motifs is 1. The lowest BCUT2D eigenvalue weighted by Gasteiger charge is -2.34. The molecule has 7 nitrogen and oxygen atoms in total. The summed E-state index contributed by atoms with van der Waals surface area (Å²) >= 11 is 1.45. The van der Waals surface area contributed by atoms with Crippen molar-refractivity contribution in [1.82, 2.24) is 14.7 Å². The number of para-hydroxylation sites is 1. The molecule has 164 valence electrons. The van der Waals surface area contributed by atoms with Gasteiger partial charge in [-0.05, 0) is 61.1 Å². The van der Waals surface area contributed by atoms with Crippen molar-refractivity contribution in [3.8, 4) is 0 Å². The van der Waals surface area contributed by atoms with Crippen molar-refractivity contribution >= 4 is 42.6 Å². The number of thiazole rings is 1. The Kier molecular flexibility index (Phi) is 6.00. The number of hydrazine groups is 1. The highest BCUT2D eigenvalue weighted by atomic mass is 32.2. The van der Waals surface area contributed by atoms with Crippen LogP contribution in [0.25, 0.3) is 10.2 Å². The van der Waals surface area contributed by atoms with Crippen LogP contribution in [0.4, 0.5) is 5.13 Å². The Bertz CT molecular complexity index is 1200. The van der Waals surface area contributed by atoms with Gasteiger partial charge in [0.15, 0.2) is 0 Å². The number of piperidine rings is 1. The Hall–Kier alpha value is -2.49. The van der Waals surface area contributed by atoms with E-state index in [1.807, 2.05) is 25.1 Å². The fraction of sp³-hybridized carbons (Fsp3) is 0.364. The molecule has 1 saturated heterocycles. The maximum atomic E-state index is 13.0. The molecule has 1 aliphatic rings. The predicted octanol–water partition coefficient (Wildman–Crippen LogP) is 4.03. The Morgan fingerprint density at radius 1 is 1.10 bits per heavy atom. The lowest BCUT2D eigenvalue weighted by Crippen LogP contribution is -2.42. The summed E-state index contributed by atoms with van der Waals surface area (Å²) in [5, 5.41) is 0.588. The number of amides is 1. The zero-order valence-electron chi connectivity index (χ0n) is 17.8. The molecular formula is C22H26N4O3S2. The SMILES string of the molecule is Cc1cccc2sc(NNC(=O)c3ccc(S(=O)(=O)N4C[C@H](C)C[C@@H](C)C4)cc3)nc12. The maximum absolute atomic E-state index is 13.0. The molecule has 2 N–H and O–H groups in total. The average Bonchev–Trinajstić information content (AvgIpc) is 3.16. The van der Waals surface area contributed by atoms with E-state index in [-0.39, 0.29) is 10.8 Å². The summed E-state index contributed by atoms with van der Waals surface area (Å²) < 4.78 is 28.6. The molecule has 0 unspecified atom stereocenters. The van der Waals surface area contributed by atoms with Crippen molar-refractivity contribution in [3.63, 3.8) is 0 Å². The van der Waals surface area contributed by atoms with Crippen LogP contribution in [0.1, 0.15) is 36.2 Å². The van der Waals surface area contributed by atoms with Gasteiger partial charge in [-0.1, -0.05) is 37.3 Å². The van der Waals surface area contributed by atoms with Crippen LogP contribution in [-0.2, 0) is 10.0 Å². The van der Waals surface area contributed by atoms with E-state index in [1.165, 1.54) is 35.6 Å². The Morgan fingerprint density at radius 2 is 1.77 bits per heavy atom. The number of carbonyl (C=O) groups excluding carboxylic acids is 1. The second-order valence-electron chi connectivity index (χ2n) is 8.31. The quantitative estimate of drug-likeness (QED) is 0.564. The first-order valence-electron chi connectivity index (χ1n) is 10.3. The molecule has 0 aliphatic carbocycles. The summed E-state index contributed by atoms with van der Waals surface area (Å²) in [5.41, 5.74) is 7.81. The third kappa shape index (κ3) is 4.58. The number of aryl methyl sites for hydroxylation is 1. The first-order valence-corrected chi connectivity index (χ1v) is 12.5. The Balaban J connectivity index is 1.43.